The molecular weight excluding hydrogens is 302 g/mol. The van der Waals surface area contributed by atoms with Crippen LogP contribution in [0.15, 0.2) is 0 Å². The smallest absolute Gasteiger partial charge is 0.240 e. The van der Waals surface area contributed by atoms with E-state index in [1.54, 1.807) is 11.9 Å². The van der Waals surface area contributed by atoms with Crippen LogP contribution >= 0.6 is 0 Å². The highest BCUT2D eigenvalue weighted by Crippen LogP contribution is 2.28. The summed E-state index contributed by atoms with van der Waals surface area (Å²) in [6, 6.07) is -0.000372. The first-order chi connectivity index (χ1) is 10.2. The van der Waals surface area contributed by atoms with Crippen molar-refractivity contribution in [1.29, 1.82) is 0 Å². The Hall–Kier alpha value is -0.660. The van der Waals surface area contributed by atoms with Crippen LogP contribution < -0.4 is 4.72 Å². The summed E-state index contributed by atoms with van der Waals surface area (Å²) in [7, 11) is 0.476. The molecular formula is C15H29N3O3S. The Kier molecular flexibility index (Phi) is 5.50. The second kappa shape index (κ2) is 6.84. The maximum Gasteiger partial charge on any atom is 0.240 e. The highest BCUT2D eigenvalue weighted by Gasteiger charge is 2.39. The lowest BCUT2D eigenvalue weighted by molar-refractivity contribution is -0.132. The molecule has 22 heavy (non-hydrogen) atoms. The van der Waals surface area contributed by atoms with E-state index >= 15 is 0 Å². The molecule has 0 spiro atoms. The van der Waals surface area contributed by atoms with E-state index in [0.717, 1.165) is 6.54 Å². The summed E-state index contributed by atoms with van der Waals surface area (Å²) in [6.45, 7) is 5.21. The number of hydrogen-bond acceptors (Lipinski definition) is 4. The van der Waals surface area contributed by atoms with Crippen LogP contribution in [-0.2, 0) is 14.8 Å². The lowest BCUT2D eigenvalue weighted by Gasteiger charge is -2.28. The molecule has 0 saturated heterocycles. The monoisotopic (exact) mass is 331 g/mol. The van der Waals surface area contributed by atoms with Gasteiger partial charge in [0.1, 0.15) is 6.04 Å². The first kappa shape index (κ1) is 17.7. The van der Waals surface area contributed by atoms with Crippen LogP contribution in [0.25, 0.3) is 0 Å². The quantitative estimate of drug-likeness (QED) is 0.673. The second-order valence-electron chi connectivity index (χ2n) is 7.06. The molecule has 2 aliphatic rings. The van der Waals surface area contributed by atoms with Crippen LogP contribution in [0.3, 0.4) is 0 Å². The van der Waals surface area contributed by atoms with Gasteiger partial charge in [0.2, 0.25) is 15.9 Å². The molecule has 2 fully saturated rings. The number of carbonyl (C=O) groups is 1. The lowest BCUT2D eigenvalue weighted by Crippen LogP contribution is -2.51. The fourth-order valence-corrected chi connectivity index (χ4v) is 4.15. The van der Waals surface area contributed by atoms with Crippen molar-refractivity contribution in [3.05, 3.63) is 0 Å². The number of nitrogens with zero attached hydrogens (tertiary/aromatic N) is 2. The van der Waals surface area contributed by atoms with Gasteiger partial charge in [-0.05, 0) is 38.6 Å². The third-order valence-electron chi connectivity index (χ3n) is 4.52. The summed E-state index contributed by atoms with van der Waals surface area (Å²) in [5.74, 6) is -0.201. The van der Waals surface area contributed by atoms with Gasteiger partial charge in [-0.25, -0.2) is 13.1 Å². The second-order valence-corrected chi connectivity index (χ2v) is 9.05. The summed E-state index contributed by atoms with van der Waals surface area (Å²) >= 11 is 0. The Bertz CT molecular complexity index is 498. The molecule has 0 unspecified atom stereocenters. The third kappa shape index (κ3) is 4.67. The Morgan fingerprint density at radius 3 is 2.18 bits per heavy atom. The van der Waals surface area contributed by atoms with Crippen LogP contribution in [-0.4, -0.2) is 68.6 Å². The fraction of sp³-hybridized carbons (Fsp3) is 0.933. The minimum absolute atomic E-state index is 0.0652. The van der Waals surface area contributed by atoms with E-state index in [1.807, 2.05) is 13.8 Å². The molecule has 128 valence electrons. The molecule has 1 N–H and O–H groups in total. The average molecular weight is 331 g/mol. The van der Waals surface area contributed by atoms with Gasteiger partial charge in [0, 0.05) is 26.2 Å². The highest BCUT2D eigenvalue weighted by molar-refractivity contribution is 7.90. The van der Waals surface area contributed by atoms with E-state index in [0.29, 0.717) is 25.4 Å². The minimum Gasteiger partial charge on any atom is -0.343 e. The summed E-state index contributed by atoms with van der Waals surface area (Å²) in [5, 5.41) is -0.298. The van der Waals surface area contributed by atoms with Crippen LogP contribution in [0.2, 0.25) is 0 Å². The molecule has 1 amide bonds. The zero-order valence-corrected chi connectivity index (χ0v) is 14.9. The van der Waals surface area contributed by atoms with Gasteiger partial charge in [-0.15, -0.1) is 0 Å². The summed E-state index contributed by atoms with van der Waals surface area (Å²) in [4.78, 5) is 16.5. The predicted molar refractivity (Wildman–Crippen MR) is 87.0 cm³/mol. The zero-order chi connectivity index (χ0) is 16.5. The van der Waals surface area contributed by atoms with Crippen LogP contribution in [0.1, 0.15) is 39.5 Å². The van der Waals surface area contributed by atoms with Gasteiger partial charge in [-0.3, -0.25) is 4.79 Å². The molecule has 2 aliphatic carbocycles. The molecule has 2 rings (SSSR count). The van der Waals surface area contributed by atoms with E-state index < -0.39 is 16.1 Å². The average Bonchev–Trinajstić information content (AvgIpc) is 3.30. The topological polar surface area (TPSA) is 69.7 Å². The number of likely N-dealkylation sites (N-methyl/N-ethyl adjacent to an activating group) is 2. The molecule has 0 radical (unpaired) electrons. The van der Waals surface area contributed by atoms with Crippen LogP contribution in [0.4, 0.5) is 0 Å². The molecule has 1 atom stereocenters. The first-order valence-corrected chi connectivity index (χ1v) is 9.73. The number of rotatable bonds is 9. The number of amides is 1. The minimum atomic E-state index is -3.35. The Morgan fingerprint density at radius 1 is 1.14 bits per heavy atom. The number of nitrogens with one attached hydrogen (secondary N) is 1. The van der Waals surface area contributed by atoms with Gasteiger partial charge in [-0.1, -0.05) is 13.8 Å². The third-order valence-corrected chi connectivity index (χ3v) is 6.45. The summed E-state index contributed by atoms with van der Waals surface area (Å²) in [6.07, 6.45) is 3.89. The van der Waals surface area contributed by atoms with Crippen molar-refractivity contribution >= 4 is 15.9 Å². The lowest BCUT2D eigenvalue weighted by atomic mass is 10.0. The van der Waals surface area contributed by atoms with E-state index in [4.69, 9.17) is 0 Å². The Labute approximate surface area is 134 Å². The molecule has 7 heteroatoms. The largest absolute Gasteiger partial charge is 0.343 e. The zero-order valence-electron chi connectivity index (χ0n) is 14.1. The van der Waals surface area contributed by atoms with Crippen molar-refractivity contribution < 1.29 is 13.2 Å². The van der Waals surface area contributed by atoms with Crippen molar-refractivity contribution in [2.45, 2.75) is 56.9 Å². The van der Waals surface area contributed by atoms with Gasteiger partial charge in [-0.2, -0.15) is 0 Å². The number of hydrogen-bond donors (Lipinski definition) is 1. The summed E-state index contributed by atoms with van der Waals surface area (Å²) in [5.41, 5.74) is 0. The maximum absolute atomic E-state index is 12.6. The van der Waals surface area contributed by atoms with Crippen molar-refractivity contribution in [2.24, 2.45) is 5.92 Å². The number of sulfonamides is 1. The SMILES string of the molecule is CC(C)[C@@H](NS(=O)(=O)C1CC1)C(=O)N(C)CCN(C)C1CC1. The van der Waals surface area contributed by atoms with E-state index in [2.05, 4.69) is 16.7 Å². The van der Waals surface area contributed by atoms with Gasteiger partial charge >= 0.3 is 0 Å². The number of carbonyl (C=O) groups excluding carboxylic acids is 1. The van der Waals surface area contributed by atoms with Crippen molar-refractivity contribution in [3.63, 3.8) is 0 Å². The van der Waals surface area contributed by atoms with E-state index in [9.17, 15) is 13.2 Å². The molecule has 0 aromatic rings. The van der Waals surface area contributed by atoms with Crippen molar-refractivity contribution in [3.8, 4) is 0 Å². The van der Waals surface area contributed by atoms with Crippen LogP contribution in [0.5, 0.6) is 0 Å². The molecule has 0 aliphatic heterocycles. The predicted octanol–water partition coefficient (Wildman–Crippen LogP) is 0.645. The molecule has 0 aromatic heterocycles. The van der Waals surface area contributed by atoms with Gasteiger partial charge in [0.15, 0.2) is 0 Å². The highest BCUT2D eigenvalue weighted by atomic mass is 32.2. The van der Waals surface area contributed by atoms with E-state index in [-0.39, 0.29) is 17.1 Å². The van der Waals surface area contributed by atoms with Crippen molar-refractivity contribution in [2.75, 3.05) is 27.2 Å². The molecule has 0 heterocycles. The first-order valence-electron chi connectivity index (χ1n) is 8.18. The normalized spacial score (nSPS) is 20.5. The van der Waals surface area contributed by atoms with E-state index in [1.165, 1.54) is 12.8 Å². The molecule has 6 nitrogen and oxygen atoms in total. The van der Waals surface area contributed by atoms with Gasteiger partial charge < -0.3 is 9.80 Å². The standard InChI is InChI=1S/C15H29N3O3S/c1-11(2)14(16-22(20,21)13-7-8-13)15(19)18(4)10-9-17(3)12-5-6-12/h11-14,16H,5-10H2,1-4H3/t14-/m1/s1. The molecule has 0 aromatic carbocycles. The van der Waals surface area contributed by atoms with Crippen LogP contribution in [0, 0.1) is 5.92 Å². The summed E-state index contributed by atoms with van der Waals surface area (Å²) < 4.78 is 26.8. The van der Waals surface area contributed by atoms with Crippen molar-refractivity contribution in [1.82, 2.24) is 14.5 Å². The Morgan fingerprint density at radius 2 is 1.73 bits per heavy atom. The molecule has 2 saturated carbocycles. The van der Waals surface area contributed by atoms with Gasteiger partial charge in [0.05, 0.1) is 5.25 Å². The maximum atomic E-state index is 12.6. The van der Waals surface area contributed by atoms with Gasteiger partial charge in [0.25, 0.3) is 0 Å². The molecule has 0 bridgehead atoms. The Balaban J connectivity index is 1.89. The fourth-order valence-electron chi connectivity index (χ4n) is 2.48.